The maximum atomic E-state index is 12.1. The molecular formula is C15H15N3O2. The van der Waals surface area contributed by atoms with Crippen molar-refractivity contribution in [1.29, 1.82) is 0 Å². The fraction of sp³-hybridized carbons (Fsp3) is 0.0667. The van der Waals surface area contributed by atoms with Crippen molar-refractivity contribution in [3.05, 3.63) is 58.8 Å². The second-order valence-corrected chi connectivity index (χ2v) is 4.25. The van der Waals surface area contributed by atoms with Crippen LogP contribution in [-0.2, 0) is 4.79 Å². The number of hydrogen-bond acceptors (Lipinski definition) is 3. The topological polar surface area (TPSA) is 88.0 Å². The molecule has 5 nitrogen and oxygen atoms in total. The highest BCUT2D eigenvalue weighted by molar-refractivity contribution is 5.92. The van der Waals surface area contributed by atoms with E-state index in [1.54, 1.807) is 0 Å². The van der Waals surface area contributed by atoms with Crippen LogP contribution in [0.1, 0.15) is 6.92 Å². The number of para-hydroxylation sites is 2. The Labute approximate surface area is 115 Å². The van der Waals surface area contributed by atoms with Crippen molar-refractivity contribution in [2.24, 2.45) is 5.84 Å². The summed E-state index contributed by atoms with van der Waals surface area (Å²) in [7, 11) is 0. The van der Waals surface area contributed by atoms with E-state index in [2.05, 4.69) is 10.8 Å². The van der Waals surface area contributed by atoms with Crippen LogP contribution in [0.15, 0.2) is 53.3 Å². The number of carbonyl (C=O) groups is 1. The van der Waals surface area contributed by atoms with Crippen LogP contribution < -0.4 is 16.7 Å². The van der Waals surface area contributed by atoms with Crippen LogP contribution in [-0.4, -0.2) is 10.9 Å². The van der Waals surface area contributed by atoms with Gasteiger partial charge in [-0.05, 0) is 24.3 Å². The van der Waals surface area contributed by atoms with E-state index in [0.29, 0.717) is 0 Å². The summed E-state index contributed by atoms with van der Waals surface area (Å²) in [6, 6.07) is 15.1. The number of aromatic nitrogens is 1. The van der Waals surface area contributed by atoms with Gasteiger partial charge in [0.1, 0.15) is 0 Å². The molecule has 1 heterocycles. The van der Waals surface area contributed by atoms with E-state index in [4.69, 9.17) is 0 Å². The van der Waals surface area contributed by atoms with Crippen LogP contribution in [0, 0.1) is 0 Å². The Hall–Kier alpha value is -2.66. The average Bonchev–Trinajstić information content (AvgIpc) is 2.48. The lowest BCUT2D eigenvalue weighted by Crippen LogP contribution is -2.26. The van der Waals surface area contributed by atoms with Crippen molar-refractivity contribution in [3.63, 3.8) is 0 Å². The molecule has 0 aliphatic carbocycles. The van der Waals surface area contributed by atoms with Crippen LogP contribution in [0.2, 0.25) is 0 Å². The van der Waals surface area contributed by atoms with Crippen LogP contribution in [0.3, 0.4) is 0 Å². The Morgan fingerprint density at radius 3 is 1.80 bits per heavy atom. The Bertz CT molecular complexity index is 752. The summed E-state index contributed by atoms with van der Waals surface area (Å²) in [6.45, 7) is 1.35. The molecule has 0 saturated heterocycles. The number of benzene rings is 2. The van der Waals surface area contributed by atoms with Crippen molar-refractivity contribution < 1.29 is 4.79 Å². The third-order valence-corrected chi connectivity index (χ3v) is 2.82. The number of hydrogen-bond donors (Lipinski definition) is 3. The fourth-order valence-electron chi connectivity index (χ4n) is 1.87. The SMILES string of the molecule is CC(=O)NN.O=c1c2ccccc2[nH]c2ccccc12. The lowest BCUT2D eigenvalue weighted by atomic mass is 10.1. The highest BCUT2D eigenvalue weighted by atomic mass is 16.2. The van der Waals surface area contributed by atoms with Gasteiger partial charge >= 0.3 is 0 Å². The second-order valence-electron chi connectivity index (χ2n) is 4.25. The molecule has 1 aromatic heterocycles. The maximum absolute atomic E-state index is 12.1. The summed E-state index contributed by atoms with van der Waals surface area (Å²) in [6.07, 6.45) is 0. The van der Waals surface area contributed by atoms with E-state index in [9.17, 15) is 9.59 Å². The van der Waals surface area contributed by atoms with Gasteiger partial charge in [0.25, 0.3) is 0 Å². The quantitative estimate of drug-likeness (QED) is 0.251. The van der Waals surface area contributed by atoms with Crippen molar-refractivity contribution >= 4 is 27.7 Å². The molecule has 3 rings (SSSR count). The lowest BCUT2D eigenvalue weighted by molar-refractivity contribution is -0.119. The largest absolute Gasteiger partial charge is 0.354 e. The second kappa shape index (κ2) is 5.99. The third-order valence-electron chi connectivity index (χ3n) is 2.82. The van der Waals surface area contributed by atoms with Gasteiger partial charge in [-0.3, -0.25) is 15.0 Å². The first kappa shape index (κ1) is 13.8. The molecule has 0 radical (unpaired) electrons. The van der Waals surface area contributed by atoms with Gasteiger partial charge in [0, 0.05) is 28.7 Å². The van der Waals surface area contributed by atoms with Crippen LogP contribution >= 0.6 is 0 Å². The Morgan fingerprint density at radius 2 is 1.40 bits per heavy atom. The van der Waals surface area contributed by atoms with Gasteiger partial charge in [-0.15, -0.1) is 0 Å². The zero-order valence-electron chi connectivity index (χ0n) is 11.0. The zero-order chi connectivity index (χ0) is 14.5. The molecule has 0 aliphatic heterocycles. The van der Waals surface area contributed by atoms with Crippen molar-refractivity contribution in [2.75, 3.05) is 0 Å². The van der Waals surface area contributed by atoms with Crippen LogP contribution in [0.4, 0.5) is 0 Å². The smallest absolute Gasteiger partial charge is 0.230 e. The molecule has 1 amide bonds. The highest BCUT2D eigenvalue weighted by Gasteiger charge is 2.02. The number of amides is 1. The number of pyridine rings is 1. The molecule has 0 unspecified atom stereocenters. The van der Waals surface area contributed by atoms with E-state index < -0.39 is 0 Å². The van der Waals surface area contributed by atoms with Gasteiger partial charge in [-0.2, -0.15) is 0 Å². The summed E-state index contributed by atoms with van der Waals surface area (Å²) in [5, 5.41) is 1.49. The number of rotatable bonds is 0. The number of aromatic amines is 1. The van der Waals surface area contributed by atoms with E-state index in [1.165, 1.54) is 6.92 Å². The minimum absolute atomic E-state index is 0.0972. The molecule has 102 valence electrons. The van der Waals surface area contributed by atoms with Gasteiger partial charge in [-0.25, -0.2) is 5.84 Å². The minimum Gasteiger partial charge on any atom is -0.354 e. The standard InChI is InChI=1S/C13H9NO.C2H6N2O/c15-13-9-5-1-3-7-11(9)14-12-8-4-2-6-10(12)13;1-2(5)4-3/h1-8H,(H,14,15);3H2,1H3,(H,4,5). The Morgan fingerprint density at radius 1 is 1.00 bits per heavy atom. The molecule has 4 N–H and O–H groups in total. The summed E-state index contributed by atoms with van der Waals surface area (Å²) in [4.78, 5) is 24.9. The minimum atomic E-state index is -0.218. The first-order valence-electron chi connectivity index (χ1n) is 6.10. The van der Waals surface area contributed by atoms with Crippen molar-refractivity contribution in [2.45, 2.75) is 6.92 Å². The molecule has 0 atom stereocenters. The van der Waals surface area contributed by atoms with Gasteiger partial charge in [-0.1, -0.05) is 24.3 Å². The molecule has 5 heteroatoms. The number of hydrazine groups is 1. The normalized spacial score (nSPS) is 9.90. The number of nitrogens with two attached hydrogens (primary N) is 1. The lowest BCUT2D eigenvalue weighted by Gasteiger charge is -2.01. The predicted molar refractivity (Wildman–Crippen MR) is 80.1 cm³/mol. The van der Waals surface area contributed by atoms with Gasteiger partial charge in [0.2, 0.25) is 5.91 Å². The molecule has 0 spiro atoms. The average molecular weight is 269 g/mol. The number of nitrogens with one attached hydrogen (secondary N) is 2. The van der Waals surface area contributed by atoms with E-state index in [0.717, 1.165) is 21.8 Å². The number of H-pyrrole nitrogens is 1. The van der Waals surface area contributed by atoms with Gasteiger partial charge < -0.3 is 4.98 Å². The summed E-state index contributed by atoms with van der Waals surface area (Å²) in [5.41, 5.74) is 3.77. The Kier molecular flexibility index (Phi) is 4.12. The molecule has 0 bridgehead atoms. The molecule has 0 fully saturated rings. The third kappa shape index (κ3) is 2.84. The van der Waals surface area contributed by atoms with Crippen molar-refractivity contribution in [3.8, 4) is 0 Å². The zero-order valence-corrected chi connectivity index (χ0v) is 11.0. The molecule has 20 heavy (non-hydrogen) atoms. The molecule has 2 aromatic carbocycles. The monoisotopic (exact) mass is 269 g/mol. The predicted octanol–water partition coefficient (Wildman–Crippen LogP) is 1.68. The molecular weight excluding hydrogens is 254 g/mol. The van der Waals surface area contributed by atoms with Crippen LogP contribution in [0.25, 0.3) is 21.8 Å². The summed E-state index contributed by atoms with van der Waals surface area (Å²) in [5.74, 6) is 4.35. The van der Waals surface area contributed by atoms with E-state index in [-0.39, 0.29) is 11.3 Å². The van der Waals surface area contributed by atoms with Gasteiger partial charge in [0.05, 0.1) is 0 Å². The first-order valence-corrected chi connectivity index (χ1v) is 6.10. The van der Waals surface area contributed by atoms with Crippen molar-refractivity contribution in [1.82, 2.24) is 10.4 Å². The summed E-state index contributed by atoms with van der Waals surface area (Å²) >= 11 is 0. The van der Waals surface area contributed by atoms with Gasteiger partial charge in [0.15, 0.2) is 5.43 Å². The van der Waals surface area contributed by atoms with E-state index in [1.807, 2.05) is 54.0 Å². The Balaban J connectivity index is 0.000000257. The number of fused-ring (bicyclic) bond motifs is 2. The summed E-state index contributed by atoms with van der Waals surface area (Å²) < 4.78 is 0. The molecule has 0 aliphatic rings. The molecule has 0 saturated carbocycles. The van der Waals surface area contributed by atoms with E-state index >= 15 is 0 Å². The van der Waals surface area contributed by atoms with Crippen LogP contribution in [0.5, 0.6) is 0 Å². The fourth-order valence-corrected chi connectivity index (χ4v) is 1.87. The first-order chi connectivity index (χ1) is 9.63. The molecule has 3 aromatic rings. The highest BCUT2D eigenvalue weighted by Crippen LogP contribution is 2.13. The number of carbonyl (C=O) groups excluding carboxylic acids is 1. The maximum Gasteiger partial charge on any atom is 0.230 e.